The van der Waals surface area contributed by atoms with Crippen LogP contribution in [0.25, 0.3) is 0 Å². The number of hydrogen-bond acceptors (Lipinski definition) is 3. The van der Waals surface area contributed by atoms with E-state index in [-0.39, 0.29) is 30.0 Å². The van der Waals surface area contributed by atoms with Crippen molar-refractivity contribution < 1.29 is 31.9 Å². The molecule has 2 heterocycles. The molecule has 0 saturated carbocycles. The maximum Gasteiger partial charge on any atom is 0.416 e. The molecule has 2 aliphatic rings. The van der Waals surface area contributed by atoms with E-state index in [9.17, 15) is 27.2 Å². The van der Waals surface area contributed by atoms with Crippen molar-refractivity contribution in [2.45, 2.75) is 18.5 Å². The molecule has 1 amide bonds. The van der Waals surface area contributed by atoms with Gasteiger partial charge in [0.2, 0.25) is 5.91 Å². The molecule has 2 aromatic carbocycles. The Balaban J connectivity index is 1.77. The lowest BCUT2D eigenvalue weighted by atomic mass is 9.84. The number of halogens is 4. The Bertz CT molecular complexity index is 995. The van der Waals surface area contributed by atoms with Gasteiger partial charge in [-0.2, -0.15) is 13.2 Å². The largest absolute Gasteiger partial charge is 0.456 e. The lowest BCUT2D eigenvalue weighted by molar-refractivity contribution is -0.138. The number of rotatable bonds is 2. The van der Waals surface area contributed by atoms with Crippen LogP contribution in [0.3, 0.4) is 0 Å². The summed E-state index contributed by atoms with van der Waals surface area (Å²) in [5.74, 6) is -2.28. The normalized spacial score (nSPS) is 19.7. The standard InChI is InChI=1S/C20H13F4NO3/c21-13-2-1-3-14(8-13)25-16-10-28-19(27)18(16)15(9-17(25)26)11-4-6-12(7-5-11)20(22,23)24/h1-8,15H,9-10H2/t15-/m0/s1. The van der Waals surface area contributed by atoms with Crippen molar-refractivity contribution in [2.24, 2.45) is 0 Å². The van der Waals surface area contributed by atoms with Crippen LogP contribution in [0.15, 0.2) is 59.8 Å². The predicted octanol–water partition coefficient (Wildman–Crippen LogP) is 4.18. The van der Waals surface area contributed by atoms with Gasteiger partial charge in [-0.1, -0.05) is 18.2 Å². The molecule has 4 nitrogen and oxygen atoms in total. The quantitative estimate of drug-likeness (QED) is 0.570. The molecule has 0 unspecified atom stereocenters. The Kier molecular flexibility index (Phi) is 4.21. The molecule has 0 saturated heterocycles. The zero-order valence-corrected chi connectivity index (χ0v) is 14.3. The maximum atomic E-state index is 13.6. The van der Waals surface area contributed by atoms with Crippen LogP contribution in [0.1, 0.15) is 23.5 Å². The summed E-state index contributed by atoms with van der Waals surface area (Å²) in [5, 5.41) is 0. The van der Waals surface area contributed by atoms with Gasteiger partial charge in [0, 0.05) is 12.3 Å². The van der Waals surface area contributed by atoms with Gasteiger partial charge in [0.15, 0.2) is 0 Å². The summed E-state index contributed by atoms with van der Waals surface area (Å²) < 4.78 is 57.1. The van der Waals surface area contributed by atoms with Crippen molar-refractivity contribution in [2.75, 3.05) is 11.5 Å². The highest BCUT2D eigenvalue weighted by Crippen LogP contribution is 2.42. The molecule has 0 N–H and O–H groups in total. The van der Waals surface area contributed by atoms with E-state index in [1.165, 1.54) is 41.3 Å². The van der Waals surface area contributed by atoms with Crippen LogP contribution in [0.2, 0.25) is 0 Å². The number of alkyl halides is 3. The Labute approximate surface area is 157 Å². The fourth-order valence-electron chi connectivity index (χ4n) is 3.56. The van der Waals surface area contributed by atoms with E-state index in [1.807, 2.05) is 0 Å². The molecule has 0 radical (unpaired) electrons. The van der Waals surface area contributed by atoms with Crippen molar-refractivity contribution in [1.82, 2.24) is 0 Å². The summed E-state index contributed by atoms with van der Waals surface area (Å²) in [4.78, 5) is 26.3. The van der Waals surface area contributed by atoms with Gasteiger partial charge in [0.1, 0.15) is 12.4 Å². The van der Waals surface area contributed by atoms with Gasteiger partial charge in [-0.3, -0.25) is 9.69 Å². The van der Waals surface area contributed by atoms with E-state index in [0.29, 0.717) is 5.56 Å². The Morgan fingerprint density at radius 2 is 1.75 bits per heavy atom. The Morgan fingerprint density at radius 1 is 1.04 bits per heavy atom. The monoisotopic (exact) mass is 391 g/mol. The summed E-state index contributed by atoms with van der Waals surface area (Å²) >= 11 is 0. The molecule has 0 aliphatic carbocycles. The maximum absolute atomic E-state index is 13.6. The molecule has 144 valence electrons. The van der Waals surface area contributed by atoms with Crippen molar-refractivity contribution in [3.8, 4) is 0 Å². The van der Waals surface area contributed by atoms with Crippen LogP contribution < -0.4 is 4.90 Å². The first-order chi connectivity index (χ1) is 13.3. The highest BCUT2D eigenvalue weighted by molar-refractivity contribution is 6.06. The minimum Gasteiger partial charge on any atom is -0.456 e. The number of carbonyl (C=O) groups excluding carboxylic acids is 2. The second-order valence-electron chi connectivity index (χ2n) is 6.52. The van der Waals surface area contributed by atoms with Gasteiger partial charge < -0.3 is 4.74 Å². The predicted molar refractivity (Wildman–Crippen MR) is 90.7 cm³/mol. The summed E-state index contributed by atoms with van der Waals surface area (Å²) in [6, 6.07) is 9.73. The first-order valence-electron chi connectivity index (χ1n) is 8.41. The first kappa shape index (κ1) is 18.2. The smallest absolute Gasteiger partial charge is 0.416 e. The van der Waals surface area contributed by atoms with Crippen LogP contribution in [-0.4, -0.2) is 18.5 Å². The Morgan fingerprint density at radius 3 is 2.39 bits per heavy atom. The van der Waals surface area contributed by atoms with E-state index in [2.05, 4.69) is 0 Å². The molecular weight excluding hydrogens is 378 g/mol. The third-order valence-corrected chi connectivity index (χ3v) is 4.82. The number of cyclic esters (lactones) is 1. The summed E-state index contributed by atoms with van der Waals surface area (Å²) in [6.45, 7) is -0.159. The second kappa shape index (κ2) is 6.47. The SMILES string of the molecule is O=C1OCC2=C1[C@H](c1ccc(C(F)(F)F)cc1)CC(=O)N2c1cccc(F)c1. The van der Waals surface area contributed by atoms with Gasteiger partial charge in [-0.15, -0.1) is 0 Å². The van der Waals surface area contributed by atoms with E-state index < -0.39 is 35.4 Å². The van der Waals surface area contributed by atoms with E-state index in [4.69, 9.17) is 4.74 Å². The summed E-state index contributed by atoms with van der Waals surface area (Å²) in [7, 11) is 0. The van der Waals surface area contributed by atoms with E-state index in [0.717, 1.165) is 12.1 Å². The number of amides is 1. The van der Waals surface area contributed by atoms with Crippen molar-refractivity contribution >= 4 is 17.6 Å². The third kappa shape index (κ3) is 3.04. The molecule has 0 bridgehead atoms. The molecule has 2 aromatic rings. The van der Waals surface area contributed by atoms with Crippen molar-refractivity contribution in [3.05, 3.63) is 76.7 Å². The molecule has 8 heteroatoms. The van der Waals surface area contributed by atoms with E-state index in [1.54, 1.807) is 0 Å². The summed E-state index contributed by atoms with van der Waals surface area (Å²) in [6.07, 6.45) is -4.62. The average Bonchev–Trinajstić information content (AvgIpc) is 3.02. The molecule has 0 fully saturated rings. The third-order valence-electron chi connectivity index (χ3n) is 4.82. The lowest BCUT2D eigenvalue weighted by Crippen LogP contribution is -2.37. The minimum atomic E-state index is -4.48. The van der Waals surface area contributed by atoms with Gasteiger partial charge in [0.25, 0.3) is 0 Å². The number of carbonyl (C=O) groups is 2. The van der Waals surface area contributed by atoms with Crippen LogP contribution in [0.4, 0.5) is 23.2 Å². The lowest BCUT2D eigenvalue weighted by Gasteiger charge is -2.32. The number of esters is 1. The second-order valence-corrected chi connectivity index (χ2v) is 6.52. The molecule has 0 spiro atoms. The molecule has 0 aromatic heterocycles. The molecule has 4 rings (SSSR count). The Hall–Kier alpha value is -3.16. The van der Waals surface area contributed by atoms with E-state index >= 15 is 0 Å². The highest BCUT2D eigenvalue weighted by atomic mass is 19.4. The number of hydrogen-bond donors (Lipinski definition) is 0. The average molecular weight is 391 g/mol. The van der Waals surface area contributed by atoms with Crippen LogP contribution in [0, 0.1) is 5.82 Å². The number of benzene rings is 2. The van der Waals surface area contributed by atoms with Gasteiger partial charge >= 0.3 is 12.1 Å². The minimum absolute atomic E-state index is 0.143. The van der Waals surface area contributed by atoms with Crippen molar-refractivity contribution in [1.29, 1.82) is 0 Å². The van der Waals surface area contributed by atoms with Gasteiger partial charge in [-0.25, -0.2) is 9.18 Å². The molecule has 2 aliphatic heterocycles. The molecular formula is C20H13F4NO3. The van der Waals surface area contributed by atoms with Crippen LogP contribution >= 0.6 is 0 Å². The fourth-order valence-corrected chi connectivity index (χ4v) is 3.56. The van der Waals surface area contributed by atoms with Crippen LogP contribution in [-0.2, 0) is 20.5 Å². The topological polar surface area (TPSA) is 46.6 Å². The number of ether oxygens (including phenoxy) is 1. The number of nitrogens with zero attached hydrogens (tertiary/aromatic N) is 1. The van der Waals surface area contributed by atoms with Gasteiger partial charge in [-0.05, 0) is 35.9 Å². The highest BCUT2D eigenvalue weighted by Gasteiger charge is 2.43. The fraction of sp³-hybridized carbons (Fsp3) is 0.200. The summed E-state index contributed by atoms with van der Waals surface area (Å²) in [5.41, 5.74) is 0.358. The zero-order chi connectivity index (χ0) is 20.1. The number of anilines is 1. The molecule has 28 heavy (non-hydrogen) atoms. The molecule has 1 atom stereocenters. The van der Waals surface area contributed by atoms with Gasteiger partial charge in [0.05, 0.1) is 22.5 Å². The first-order valence-corrected chi connectivity index (χ1v) is 8.41. The zero-order valence-electron chi connectivity index (χ0n) is 14.3. The van der Waals surface area contributed by atoms with Crippen LogP contribution in [0.5, 0.6) is 0 Å². The van der Waals surface area contributed by atoms with Crippen molar-refractivity contribution in [3.63, 3.8) is 0 Å².